The fourth-order valence-corrected chi connectivity index (χ4v) is 2.63. The van der Waals surface area contributed by atoms with E-state index in [1.54, 1.807) is 11.8 Å². The summed E-state index contributed by atoms with van der Waals surface area (Å²) in [4.78, 5) is 11.2. The molecule has 0 aromatic heterocycles. The molecule has 1 fully saturated rings. The summed E-state index contributed by atoms with van der Waals surface area (Å²) >= 11 is 1.79. The molecule has 0 aromatic rings. The van der Waals surface area contributed by atoms with Crippen molar-refractivity contribution in [3.8, 4) is 0 Å². The first-order valence-electron chi connectivity index (χ1n) is 4.40. The van der Waals surface area contributed by atoms with Crippen LogP contribution in [0, 0.1) is 5.41 Å². The summed E-state index contributed by atoms with van der Waals surface area (Å²) in [5.41, 5.74) is 0.188. The van der Waals surface area contributed by atoms with Gasteiger partial charge in [-0.1, -0.05) is 20.8 Å². The largest absolute Gasteiger partial charge is 0.468 e. The molecule has 2 atom stereocenters. The summed E-state index contributed by atoms with van der Waals surface area (Å²) in [6.45, 7) is 6.49. The van der Waals surface area contributed by atoms with Gasteiger partial charge >= 0.3 is 5.97 Å². The van der Waals surface area contributed by atoms with Crippen molar-refractivity contribution in [1.82, 2.24) is 5.32 Å². The second kappa shape index (κ2) is 3.88. The smallest absolute Gasteiger partial charge is 0.323 e. The first-order chi connectivity index (χ1) is 5.95. The normalized spacial score (nSPS) is 28.9. The molecule has 76 valence electrons. The van der Waals surface area contributed by atoms with E-state index < -0.39 is 0 Å². The summed E-state index contributed by atoms with van der Waals surface area (Å²) in [6, 6.07) is -0.126. The van der Waals surface area contributed by atoms with Gasteiger partial charge in [0.05, 0.1) is 12.5 Å². The number of carbonyl (C=O) groups is 1. The number of hydrogen-bond donors (Lipinski definition) is 1. The minimum atomic E-state index is -0.153. The molecule has 13 heavy (non-hydrogen) atoms. The highest BCUT2D eigenvalue weighted by atomic mass is 32.2. The standard InChI is InChI=1S/C9H17NO2S/c1-9(2,3)8-10-6(5-13-8)7(11)12-4/h6,8,10H,5H2,1-4H3/t6-,8+/m0/s1. The highest BCUT2D eigenvalue weighted by molar-refractivity contribution is 8.00. The van der Waals surface area contributed by atoms with Crippen LogP contribution >= 0.6 is 11.8 Å². The van der Waals surface area contributed by atoms with Crippen molar-refractivity contribution >= 4 is 17.7 Å². The molecule has 0 amide bonds. The van der Waals surface area contributed by atoms with Crippen molar-refractivity contribution in [3.05, 3.63) is 0 Å². The summed E-state index contributed by atoms with van der Waals surface area (Å²) in [7, 11) is 1.43. The Kier molecular flexibility index (Phi) is 3.24. The Morgan fingerprint density at radius 1 is 1.54 bits per heavy atom. The second-order valence-corrected chi connectivity index (χ2v) is 5.46. The zero-order valence-corrected chi connectivity index (χ0v) is 9.40. The number of ether oxygens (including phenoxy) is 1. The van der Waals surface area contributed by atoms with E-state index in [2.05, 4.69) is 30.8 Å². The van der Waals surface area contributed by atoms with Crippen LogP contribution in [-0.4, -0.2) is 30.2 Å². The Morgan fingerprint density at radius 3 is 2.54 bits per heavy atom. The van der Waals surface area contributed by atoms with Gasteiger partial charge in [0.1, 0.15) is 6.04 Å². The van der Waals surface area contributed by atoms with E-state index in [-0.39, 0.29) is 17.4 Å². The van der Waals surface area contributed by atoms with Crippen molar-refractivity contribution in [1.29, 1.82) is 0 Å². The van der Waals surface area contributed by atoms with Gasteiger partial charge in [0, 0.05) is 5.75 Å². The van der Waals surface area contributed by atoms with E-state index in [4.69, 9.17) is 0 Å². The highest BCUT2D eigenvalue weighted by Crippen LogP contribution is 2.33. The summed E-state index contributed by atoms with van der Waals surface area (Å²) < 4.78 is 4.68. The molecule has 1 heterocycles. The number of carbonyl (C=O) groups excluding carboxylic acids is 1. The molecule has 0 spiro atoms. The summed E-state index contributed by atoms with van der Waals surface area (Å²) in [5.74, 6) is 0.661. The molecule has 0 bridgehead atoms. The third-order valence-corrected chi connectivity index (χ3v) is 3.76. The molecule has 1 N–H and O–H groups in total. The lowest BCUT2D eigenvalue weighted by Gasteiger charge is -2.26. The Morgan fingerprint density at radius 2 is 2.15 bits per heavy atom. The Balaban J connectivity index is 2.50. The number of thioether (sulfide) groups is 1. The lowest BCUT2D eigenvalue weighted by atomic mass is 9.96. The average molecular weight is 203 g/mol. The number of nitrogens with one attached hydrogen (secondary N) is 1. The second-order valence-electron chi connectivity index (χ2n) is 4.32. The van der Waals surface area contributed by atoms with Crippen molar-refractivity contribution in [2.45, 2.75) is 32.2 Å². The van der Waals surface area contributed by atoms with E-state index in [0.29, 0.717) is 5.37 Å². The average Bonchev–Trinajstić information content (AvgIpc) is 2.50. The molecule has 3 nitrogen and oxygen atoms in total. The quantitative estimate of drug-likeness (QED) is 0.651. The molecule has 1 rings (SSSR count). The Labute approximate surface area is 83.6 Å². The zero-order chi connectivity index (χ0) is 10.1. The van der Waals surface area contributed by atoms with Crippen molar-refractivity contribution in [3.63, 3.8) is 0 Å². The summed E-state index contributed by atoms with van der Waals surface area (Å²) in [6.07, 6.45) is 0. The number of rotatable bonds is 1. The molecule has 1 aliphatic rings. The molecule has 0 aromatic carbocycles. The predicted octanol–water partition coefficient (Wildman–Crippen LogP) is 1.24. The number of hydrogen-bond acceptors (Lipinski definition) is 4. The third-order valence-electron chi connectivity index (χ3n) is 2.05. The SMILES string of the molecule is COC(=O)[C@@H]1CS[C@H](C(C)(C)C)N1. The number of methoxy groups -OCH3 is 1. The fraction of sp³-hybridized carbons (Fsp3) is 0.889. The first kappa shape index (κ1) is 10.9. The maximum Gasteiger partial charge on any atom is 0.323 e. The monoisotopic (exact) mass is 203 g/mol. The van der Waals surface area contributed by atoms with Crippen LogP contribution in [0.5, 0.6) is 0 Å². The van der Waals surface area contributed by atoms with Gasteiger partial charge in [-0.3, -0.25) is 10.1 Å². The third kappa shape index (κ3) is 2.61. The minimum Gasteiger partial charge on any atom is -0.468 e. The van der Waals surface area contributed by atoms with Crippen LogP contribution in [-0.2, 0) is 9.53 Å². The Bertz CT molecular complexity index is 200. The zero-order valence-electron chi connectivity index (χ0n) is 8.59. The number of esters is 1. The molecule has 0 unspecified atom stereocenters. The predicted molar refractivity (Wildman–Crippen MR) is 54.6 cm³/mol. The van der Waals surface area contributed by atoms with Crippen molar-refractivity contribution in [2.24, 2.45) is 5.41 Å². The first-order valence-corrected chi connectivity index (χ1v) is 5.45. The van der Waals surface area contributed by atoms with Gasteiger partial charge < -0.3 is 4.74 Å². The van der Waals surface area contributed by atoms with Crippen LogP contribution < -0.4 is 5.32 Å². The molecule has 0 radical (unpaired) electrons. The molecule has 4 heteroatoms. The molecular formula is C9H17NO2S. The van der Waals surface area contributed by atoms with Crippen LogP contribution in [0.2, 0.25) is 0 Å². The van der Waals surface area contributed by atoms with Crippen molar-refractivity contribution < 1.29 is 9.53 Å². The molecule has 1 aliphatic heterocycles. The topological polar surface area (TPSA) is 38.3 Å². The Hall–Kier alpha value is -0.220. The van der Waals surface area contributed by atoms with Crippen LogP contribution in [0.3, 0.4) is 0 Å². The van der Waals surface area contributed by atoms with Crippen LogP contribution in [0.25, 0.3) is 0 Å². The maximum atomic E-state index is 11.2. The van der Waals surface area contributed by atoms with Crippen LogP contribution in [0.15, 0.2) is 0 Å². The molecule has 1 saturated heterocycles. The summed E-state index contributed by atoms with van der Waals surface area (Å²) in [5, 5.41) is 3.61. The molecule has 0 saturated carbocycles. The van der Waals surface area contributed by atoms with E-state index >= 15 is 0 Å². The van der Waals surface area contributed by atoms with Crippen LogP contribution in [0.4, 0.5) is 0 Å². The van der Waals surface area contributed by atoms with Gasteiger partial charge in [-0.2, -0.15) is 0 Å². The fourth-order valence-electron chi connectivity index (χ4n) is 1.25. The highest BCUT2D eigenvalue weighted by Gasteiger charge is 2.36. The van der Waals surface area contributed by atoms with Gasteiger partial charge in [-0.25, -0.2) is 0 Å². The maximum absolute atomic E-state index is 11.2. The molecule has 0 aliphatic carbocycles. The van der Waals surface area contributed by atoms with Gasteiger partial charge in [0.25, 0.3) is 0 Å². The van der Waals surface area contributed by atoms with Gasteiger partial charge in [0.2, 0.25) is 0 Å². The van der Waals surface area contributed by atoms with E-state index in [9.17, 15) is 4.79 Å². The van der Waals surface area contributed by atoms with Gasteiger partial charge in [-0.15, -0.1) is 11.8 Å². The lowest BCUT2D eigenvalue weighted by molar-refractivity contribution is -0.142. The van der Waals surface area contributed by atoms with Crippen LogP contribution in [0.1, 0.15) is 20.8 Å². The van der Waals surface area contributed by atoms with E-state index in [0.717, 1.165) is 5.75 Å². The molecular weight excluding hydrogens is 186 g/mol. The lowest BCUT2D eigenvalue weighted by Crippen LogP contribution is -2.42. The minimum absolute atomic E-state index is 0.126. The van der Waals surface area contributed by atoms with Gasteiger partial charge in [-0.05, 0) is 5.41 Å². The van der Waals surface area contributed by atoms with Crippen molar-refractivity contribution in [2.75, 3.05) is 12.9 Å². The van der Waals surface area contributed by atoms with E-state index in [1.807, 2.05) is 0 Å². The van der Waals surface area contributed by atoms with E-state index in [1.165, 1.54) is 7.11 Å². The van der Waals surface area contributed by atoms with Gasteiger partial charge in [0.15, 0.2) is 0 Å².